The molecule has 152 valence electrons. The second-order valence-corrected chi connectivity index (χ2v) is 7.25. The van der Waals surface area contributed by atoms with Crippen molar-refractivity contribution >= 4 is 11.5 Å². The summed E-state index contributed by atoms with van der Waals surface area (Å²) in [6, 6.07) is 23.0. The van der Waals surface area contributed by atoms with Gasteiger partial charge in [-0.05, 0) is 36.4 Å². The highest BCUT2D eigenvalue weighted by Gasteiger charge is 2.31. The van der Waals surface area contributed by atoms with Crippen LogP contribution in [0.2, 0.25) is 0 Å². The third kappa shape index (κ3) is 3.46. The predicted octanol–water partition coefficient (Wildman–Crippen LogP) is 5.15. The SMILES string of the molecule is O=C1CC(c2cn(-c3ccccc3)nc2-c2ccc([N+](=O)[O-])cc2)Oc2ccccc21. The van der Waals surface area contributed by atoms with E-state index in [2.05, 4.69) is 0 Å². The molecule has 31 heavy (non-hydrogen) atoms. The molecule has 0 spiro atoms. The van der Waals surface area contributed by atoms with Crippen LogP contribution in [0.25, 0.3) is 16.9 Å². The summed E-state index contributed by atoms with van der Waals surface area (Å²) < 4.78 is 7.92. The third-order valence-electron chi connectivity index (χ3n) is 5.29. The maximum atomic E-state index is 12.7. The molecule has 1 aliphatic heterocycles. The number of aromatic nitrogens is 2. The number of Topliss-reactive ketones (excluding diaryl/α,β-unsaturated/α-hetero) is 1. The summed E-state index contributed by atoms with van der Waals surface area (Å²) in [7, 11) is 0. The van der Waals surface area contributed by atoms with E-state index in [4.69, 9.17) is 9.84 Å². The first-order chi connectivity index (χ1) is 15.1. The molecule has 1 atom stereocenters. The monoisotopic (exact) mass is 411 g/mol. The molecule has 0 saturated heterocycles. The second-order valence-electron chi connectivity index (χ2n) is 7.25. The molecule has 1 aromatic heterocycles. The molecule has 0 radical (unpaired) electrons. The zero-order chi connectivity index (χ0) is 21.4. The topological polar surface area (TPSA) is 87.3 Å². The molecule has 7 heteroatoms. The zero-order valence-electron chi connectivity index (χ0n) is 16.3. The fourth-order valence-corrected chi connectivity index (χ4v) is 3.75. The third-order valence-corrected chi connectivity index (χ3v) is 5.29. The molecule has 4 aromatic rings. The van der Waals surface area contributed by atoms with Crippen LogP contribution in [0.1, 0.15) is 28.4 Å². The van der Waals surface area contributed by atoms with Gasteiger partial charge in [0.2, 0.25) is 0 Å². The van der Waals surface area contributed by atoms with E-state index in [1.54, 1.807) is 28.9 Å². The average Bonchev–Trinajstić information content (AvgIpc) is 3.25. The van der Waals surface area contributed by atoms with Gasteiger partial charge in [0.25, 0.3) is 5.69 Å². The van der Waals surface area contributed by atoms with Gasteiger partial charge < -0.3 is 4.74 Å². The van der Waals surface area contributed by atoms with Crippen molar-refractivity contribution in [3.63, 3.8) is 0 Å². The van der Waals surface area contributed by atoms with Crippen LogP contribution < -0.4 is 4.74 Å². The number of rotatable bonds is 4. The Morgan fingerprint density at radius 3 is 2.42 bits per heavy atom. The molecular weight excluding hydrogens is 394 g/mol. The Morgan fingerprint density at radius 1 is 0.968 bits per heavy atom. The molecule has 1 aliphatic rings. The average molecular weight is 411 g/mol. The van der Waals surface area contributed by atoms with Gasteiger partial charge in [0.1, 0.15) is 11.9 Å². The maximum absolute atomic E-state index is 12.7. The lowest BCUT2D eigenvalue weighted by atomic mass is 9.95. The second kappa shape index (κ2) is 7.53. The van der Waals surface area contributed by atoms with E-state index < -0.39 is 11.0 Å². The Labute approximate surface area is 177 Å². The number of nitro benzene ring substituents is 1. The van der Waals surface area contributed by atoms with Gasteiger partial charge in [-0.3, -0.25) is 14.9 Å². The van der Waals surface area contributed by atoms with Gasteiger partial charge in [-0.2, -0.15) is 5.10 Å². The van der Waals surface area contributed by atoms with Crippen LogP contribution in [0.5, 0.6) is 5.75 Å². The van der Waals surface area contributed by atoms with Gasteiger partial charge in [0.15, 0.2) is 5.78 Å². The fourth-order valence-electron chi connectivity index (χ4n) is 3.75. The number of ether oxygens (including phenoxy) is 1. The van der Waals surface area contributed by atoms with Crippen LogP contribution in [0.4, 0.5) is 5.69 Å². The van der Waals surface area contributed by atoms with E-state index in [0.29, 0.717) is 22.6 Å². The van der Waals surface area contributed by atoms with Crippen molar-refractivity contribution in [2.75, 3.05) is 0 Å². The summed E-state index contributed by atoms with van der Waals surface area (Å²) in [4.78, 5) is 23.3. The van der Waals surface area contributed by atoms with Crippen molar-refractivity contribution < 1.29 is 14.5 Å². The Kier molecular flexibility index (Phi) is 4.55. The minimum Gasteiger partial charge on any atom is -0.484 e. The van der Waals surface area contributed by atoms with E-state index >= 15 is 0 Å². The molecule has 0 aliphatic carbocycles. The van der Waals surface area contributed by atoms with Gasteiger partial charge >= 0.3 is 0 Å². The highest BCUT2D eigenvalue weighted by molar-refractivity contribution is 6.00. The van der Waals surface area contributed by atoms with Gasteiger partial charge in [-0.15, -0.1) is 0 Å². The zero-order valence-corrected chi connectivity index (χ0v) is 16.3. The number of para-hydroxylation sites is 2. The Morgan fingerprint density at radius 2 is 1.68 bits per heavy atom. The molecule has 1 unspecified atom stereocenters. The highest BCUT2D eigenvalue weighted by Crippen LogP contribution is 2.38. The lowest BCUT2D eigenvalue weighted by molar-refractivity contribution is -0.384. The number of nitro groups is 1. The van der Waals surface area contributed by atoms with Crippen molar-refractivity contribution in [3.05, 3.63) is 106 Å². The molecular formula is C24H17N3O4. The smallest absolute Gasteiger partial charge is 0.269 e. The summed E-state index contributed by atoms with van der Waals surface area (Å²) in [6.07, 6.45) is 1.54. The molecule has 0 bridgehead atoms. The van der Waals surface area contributed by atoms with Gasteiger partial charge in [-0.25, -0.2) is 4.68 Å². The van der Waals surface area contributed by atoms with Crippen LogP contribution >= 0.6 is 0 Å². The van der Waals surface area contributed by atoms with Crippen LogP contribution in [0, 0.1) is 10.1 Å². The van der Waals surface area contributed by atoms with E-state index in [9.17, 15) is 14.9 Å². The lowest BCUT2D eigenvalue weighted by Gasteiger charge is -2.25. The number of hydrogen-bond acceptors (Lipinski definition) is 5. The van der Waals surface area contributed by atoms with Crippen LogP contribution in [-0.2, 0) is 0 Å². The number of benzene rings is 3. The van der Waals surface area contributed by atoms with Crippen molar-refractivity contribution in [1.29, 1.82) is 0 Å². The number of fused-ring (bicyclic) bond motifs is 1. The Bertz CT molecular complexity index is 1280. The minimum absolute atomic E-state index is 0.00538. The molecule has 0 fully saturated rings. The molecule has 2 heterocycles. The largest absolute Gasteiger partial charge is 0.484 e. The lowest BCUT2D eigenvalue weighted by Crippen LogP contribution is -2.20. The first kappa shape index (κ1) is 18.7. The number of carbonyl (C=O) groups is 1. The van der Waals surface area contributed by atoms with Crippen LogP contribution in [0.15, 0.2) is 85.1 Å². The number of non-ortho nitro benzene ring substituents is 1. The van der Waals surface area contributed by atoms with Gasteiger partial charge in [0, 0.05) is 29.5 Å². The molecule has 3 aromatic carbocycles. The molecule has 0 saturated carbocycles. The van der Waals surface area contributed by atoms with Gasteiger partial charge in [-0.1, -0.05) is 30.3 Å². The Balaban J connectivity index is 1.61. The number of ketones is 1. The van der Waals surface area contributed by atoms with E-state index in [1.165, 1.54) is 12.1 Å². The maximum Gasteiger partial charge on any atom is 0.269 e. The summed E-state index contributed by atoms with van der Waals surface area (Å²) >= 11 is 0. The fraction of sp³-hybridized carbons (Fsp3) is 0.0833. The standard InChI is InChI=1S/C24H17N3O4/c28-21-14-23(31-22-9-5-4-8-19(21)22)20-15-26(17-6-2-1-3-7-17)25-24(20)16-10-12-18(13-11-16)27(29)30/h1-13,15,23H,14H2. The number of nitrogens with zero attached hydrogens (tertiary/aromatic N) is 3. The van der Waals surface area contributed by atoms with E-state index in [0.717, 1.165) is 11.3 Å². The van der Waals surface area contributed by atoms with Crippen LogP contribution in [-0.4, -0.2) is 20.5 Å². The normalized spacial score (nSPS) is 15.2. The quantitative estimate of drug-likeness (QED) is 0.342. The summed E-state index contributed by atoms with van der Waals surface area (Å²) in [5, 5.41) is 15.8. The van der Waals surface area contributed by atoms with Crippen molar-refractivity contribution in [2.24, 2.45) is 0 Å². The molecule has 0 amide bonds. The highest BCUT2D eigenvalue weighted by atomic mass is 16.6. The summed E-state index contributed by atoms with van der Waals surface area (Å²) in [5.41, 5.74) is 3.53. The minimum atomic E-state index is -0.509. The first-order valence-electron chi connectivity index (χ1n) is 9.79. The van der Waals surface area contributed by atoms with E-state index in [1.807, 2.05) is 48.7 Å². The van der Waals surface area contributed by atoms with Crippen molar-refractivity contribution in [2.45, 2.75) is 12.5 Å². The summed E-state index contributed by atoms with van der Waals surface area (Å²) in [6.45, 7) is 0. The predicted molar refractivity (Wildman–Crippen MR) is 114 cm³/mol. The molecule has 5 rings (SSSR count). The first-order valence-corrected chi connectivity index (χ1v) is 9.79. The number of carbonyl (C=O) groups excluding carboxylic acids is 1. The van der Waals surface area contributed by atoms with Gasteiger partial charge in [0.05, 0.1) is 28.3 Å². The van der Waals surface area contributed by atoms with Crippen molar-refractivity contribution in [3.8, 4) is 22.7 Å². The molecule has 7 nitrogen and oxygen atoms in total. The van der Waals surface area contributed by atoms with E-state index in [-0.39, 0.29) is 17.9 Å². The molecule has 0 N–H and O–H groups in total. The number of hydrogen-bond donors (Lipinski definition) is 0. The Hall–Kier alpha value is -4.26. The van der Waals surface area contributed by atoms with Crippen LogP contribution in [0.3, 0.4) is 0 Å². The van der Waals surface area contributed by atoms with Crippen molar-refractivity contribution in [1.82, 2.24) is 9.78 Å². The summed E-state index contributed by atoms with van der Waals surface area (Å²) in [5.74, 6) is 0.555.